The fraction of sp³-hybridized carbons (Fsp3) is 0.536. The number of nitrogens with zero attached hydrogens (tertiary/aromatic N) is 5. The molecule has 2 bridgehead atoms. The summed E-state index contributed by atoms with van der Waals surface area (Å²) in [5.41, 5.74) is -4.56. The number of hydrogen-bond acceptors (Lipinski definition) is 8. The second kappa shape index (κ2) is 9.95. The Kier molecular flexibility index (Phi) is 6.01. The van der Waals surface area contributed by atoms with Gasteiger partial charge in [-0.2, -0.15) is 23.1 Å². The van der Waals surface area contributed by atoms with Crippen LogP contribution in [0, 0.1) is 0 Å². The van der Waals surface area contributed by atoms with Crippen molar-refractivity contribution in [2.45, 2.75) is 62.1 Å². The number of phenols is 1. The molecule has 6 heterocycles. The van der Waals surface area contributed by atoms with Gasteiger partial charge in [0.05, 0.1) is 29.9 Å². The van der Waals surface area contributed by atoms with Gasteiger partial charge in [0, 0.05) is 50.4 Å². The summed E-state index contributed by atoms with van der Waals surface area (Å²) in [5, 5.41) is 13.0. The van der Waals surface area contributed by atoms with E-state index in [0.29, 0.717) is 37.0 Å². The van der Waals surface area contributed by atoms with Gasteiger partial charge in [0.1, 0.15) is 29.8 Å². The van der Waals surface area contributed by atoms with Crippen LogP contribution in [0.4, 0.5) is 23.4 Å². The molecule has 2 aromatic heterocycles. The highest BCUT2D eigenvalue weighted by Crippen LogP contribution is 2.42. The molecule has 4 aliphatic rings. The van der Waals surface area contributed by atoms with Crippen molar-refractivity contribution >= 4 is 28.3 Å². The number of rotatable bonds is 5. The van der Waals surface area contributed by atoms with Gasteiger partial charge in [-0.25, -0.2) is 4.39 Å². The molecule has 2 N–H and O–H groups in total. The number of anilines is 1. The van der Waals surface area contributed by atoms with Crippen molar-refractivity contribution in [3.8, 4) is 17.4 Å². The third-order valence-corrected chi connectivity index (χ3v) is 9.06. The number of alkyl halides is 4. The maximum Gasteiger partial charge on any atom is 0.419 e. The van der Waals surface area contributed by atoms with Crippen LogP contribution in [0.25, 0.3) is 16.6 Å². The Balaban J connectivity index is 1.39. The number of hydrogen-bond donors (Lipinski definition) is 2. The summed E-state index contributed by atoms with van der Waals surface area (Å²) in [5.74, 6) is -0.297. The fourth-order valence-electron chi connectivity index (χ4n) is 6.98. The van der Waals surface area contributed by atoms with Crippen molar-refractivity contribution in [2.24, 2.45) is 0 Å². The summed E-state index contributed by atoms with van der Waals surface area (Å²) in [6, 6.07) is 2.77. The van der Waals surface area contributed by atoms with Crippen LogP contribution in [0.3, 0.4) is 0 Å². The summed E-state index contributed by atoms with van der Waals surface area (Å²) in [6.45, 7) is -0.808. The normalized spacial score (nSPS) is 28.7. The monoisotopic (exact) mass is 610 g/mol. The van der Waals surface area contributed by atoms with Gasteiger partial charge in [-0.15, -0.1) is 0 Å². The number of nitrogens with one attached hydrogen (secondary N) is 1. The highest BCUT2D eigenvalue weighted by atomic mass is 35.5. The average molecular weight is 611 g/mol. The zero-order valence-corrected chi connectivity index (χ0v) is 23.1. The molecule has 0 aliphatic carbocycles. The van der Waals surface area contributed by atoms with Crippen LogP contribution in [0.1, 0.15) is 40.4 Å². The van der Waals surface area contributed by atoms with Gasteiger partial charge < -0.3 is 20.1 Å². The predicted octanol–water partition coefficient (Wildman–Crippen LogP) is 4.05. The Bertz CT molecular complexity index is 1700. The van der Waals surface area contributed by atoms with Gasteiger partial charge in [0.2, 0.25) is 0 Å². The fourth-order valence-corrected chi connectivity index (χ4v) is 7.30. The first-order chi connectivity index (χ1) is 20.8. The van der Waals surface area contributed by atoms with Crippen LogP contribution in [0.2, 0.25) is 5.02 Å². The van der Waals surface area contributed by atoms with E-state index < -0.39 is 58.0 Å². The molecule has 3 aromatic rings. The van der Waals surface area contributed by atoms with Gasteiger partial charge in [0.15, 0.2) is 0 Å². The lowest BCUT2D eigenvalue weighted by atomic mass is 9.95. The zero-order chi connectivity index (χ0) is 31.2. The Morgan fingerprint density at radius 1 is 1.21 bits per heavy atom. The molecule has 4 atom stereocenters. The maximum absolute atomic E-state index is 14.5. The van der Waals surface area contributed by atoms with Crippen molar-refractivity contribution in [1.82, 2.24) is 24.8 Å². The molecular formula is C28H29ClF4N6O3. The van der Waals surface area contributed by atoms with Gasteiger partial charge in [-0.05, 0) is 44.4 Å². The van der Waals surface area contributed by atoms with Crippen LogP contribution in [-0.2, 0) is 6.18 Å². The Labute approximate surface area is 245 Å². The third-order valence-electron chi connectivity index (χ3n) is 8.76. The topological polar surface area (TPSA) is 95.8 Å². The minimum Gasteiger partial charge on any atom is -0.508 e. The van der Waals surface area contributed by atoms with Crippen LogP contribution in [0.15, 0.2) is 29.2 Å². The lowest BCUT2D eigenvalue weighted by Crippen LogP contribution is -2.51. The average Bonchev–Trinajstić information content (AvgIpc) is 3.59. The number of benzene rings is 1. The molecule has 0 unspecified atom stereocenters. The van der Waals surface area contributed by atoms with E-state index in [-0.39, 0.29) is 41.8 Å². The third kappa shape index (κ3) is 4.65. The molecule has 224 valence electrons. The SMILES string of the molecule is [2H]C([2H])(Oc1nc(N2C[C@H]3CC[C@@H](C2)N3)c2ccn(-c3cc(O)cc(Cl)c3C(F)(F)F)c(=O)c2n1)[C@@]12CCCN1C[C@H](F)C2. The molecule has 0 spiro atoms. The number of fused-ring (bicyclic) bond motifs is 4. The maximum atomic E-state index is 14.5. The van der Waals surface area contributed by atoms with Crippen molar-refractivity contribution in [3.63, 3.8) is 0 Å². The predicted molar refractivity (Wildman–Crippen MR) is 148 cm³/mol. The first-order valence-electron chi connectivity index (χ1n) is 14.9. The number of piperazine rings is 1. The quantitative estimate of drug-likeness (QED) is 0.418. The van der Waals surface area contributed by atoms with Crippen LogP contribution >= 0.6 is 11.6 Å². The van der Waals surface area contributed by atoms with Crippen LogP contribution < -0.4 is 20.5 Å². The molecule has 1 aromatic carbocycles. The van der Waals surface area contributed by atoms with Gasteiger partial charge in [-0.1, -0.05) is 11.6 Å². The Morgan fingerprint density at radius 3 is 2.71 bits per heavy atom. The molecule has 14 heteroatoms. The van der Waals surface area contributed by atoms with E-state index in [0.717, 1.165) is 31.2 Å². The first-order valence-corrected chi connectivity index (χ1v) is 14.3. The van der Waals surface area contributed by atoms with Crippen molar-refractivity contribution in [3.05, 3.63) is 45.3 Å². The van der Waals surface area contributed by atoms with E-state index >= 15 is 0 Å². The van der Waals surface area contributed by atoms with Crippen molar-refractivity contribution < 1.29 is 30.1 Å². The number of pyridine rings is 1. The number of phenolic OH excluding ortho intramolecular Hbond substituents is 1. The first kappa shape index (κ1) is 25.3. The van der Waals surface area contributed by atoms with E-state index in [1.807, 2.05) is 4.90 Å². The zero-order valence-electron chi connectivity index (χ0n) is 24.3. The van der Waals surface area contributed by atoms with E-state index in [9.17, 15) is 27.5 Å². The molecule has 0 saturated carbocycles. The van der Waals surface area contributed by atoms with Crippen molar-refractivity contribution in [1.29, 1.82) is 0 Å². The minimum atomic E-state index is -4.96. The molecule has 0 amide bonds. The number of halogens is 5. The van der Waals surface area contributed by atoms with Crippen LogP contribution in [0.5, 0.6) is 11.8 Å². The number of ether oxygens (including phenoxy) is 1. The van der Waals surface area contributed by atoms with E-state index in [1.54, 1.807) is 4.90 Å². The molecular weight excluding hydrogens is 580 g/mol. The summed E-state index contributed by atoms with van der Waals surface area (Å²) < 4.78 is 81.1. The summed E-state index contributed by atoms with van der Waals surface area (Å²) in [4.78, 5) is 26.4. The number of aromatic hydroxyl groups is 1. The largest absolute Gasteiger partial charge is 0.508 e. The summed E-state index contributed by atoms with van der Waals surface area (Å²) in [7, 11) is 0. The van der Waals surface area contributed by atoms with E-state index in [2.05, 4.69) is 15.3 Å². The van der Waals surface area contributed by atoms with Gasteiger partial charge in [-0.3, -0.25) is 14.3 Å². The molecule has 7 rings (SSSR count). The van der Waals surface area contributed by atoms with Gasteiger partial charge >= 0.3 is 12.2 Å². The second-order valence-electron chi connectivity index (χ2n) is 11.5. The summed E-state index contributed by atoms with van der Waals surface area (Å²) >= 11 is 5.89. The Morgan fingerprint density at radius 2 is 1.98 bits per heavy atom. The molecule has 4 aliphatic heterocycles. The molecule has 9 nitrogen and oxygen atoms in total. The Hall–Kier alpha value is -3.16. The lowest BCUT2D eigenvalue weighted by Gasteiger charge is -2.34. The molecule has 42 heavy (non-hydrogen) atoms. The summed E-state index contributed by atoms with van der Waals surface area (Å²) in [6.07, 6.45) is -2.25. The highest BCUT2D eigenvalue weighted by Gasteiger charge is 2.49. The highest BCUT2D eigenvalue weighted by molar-refractivity contribution is 6.31. The lowest BCUT2D eigenvalue weighted by molar-refractivity contribution is -0.137. The molecule has 4 fully saturated rings. The van der Waals surface area contributed by atoms with E-state index in [1.165, 1.54) is 6.07 Å². The van der Waals surface area contributed by atoms with Crippen molar-refractivity contribution in [2.75, 3.05) is 37.6 Å². The minimum absolute atomic E-state index is 0.0765. The standard InChI is InChI=1S/C28H29ClF4N6O3/c29-20-8-18(40)9-21(22(20)28(31,32)33)39-7-4-19-23(25(39)41)35-26(36-24(19)37-12-16-2-3-17(13-37)34-16)42-14-27-5-1-6-38(27)11-15(30)10-27/h4,7-9,15-17,34,40H,1-3,5-6,10-14H2/t15-,16-,17+,27+/m1/s1/i14D2. The second-order valence-corrected chi connectivity index (χ2v) is 11.9. The smallest absolute Gasteiger partial charge is 0.419 e. The van der Waals surface area contributed by atoms with Gasteiger partial charge in [0.25, 0.3) is 5.56 Å². The number of aromatic nitrogens is 3. The molecule has 4 saturated heterocycles. The van der Waals surface area contributed by atoms with E-state index in [4.69, 9.17) is 19.1 Å². The molecule has 0 radical (unpaired) electrons. The van der Waals surface area contributed by atoms with Crippen LogP contribution in [-0.4, -0.2) is 81.1 Å².